The smallest absolute Gasteiger partial charge is 0.286 e. The predicted molar refractivity (Wildman–Crippen MR) is 96.8 cm³/mol. The van der Waals surface area contributed by atoms with Gasteiger partial charge in [-0.15, -0.1) is 0 Å². The minimum Gasteiger partial charge on any atom is -0.493 e. The Labute approximate surface area is 153 Å². The van der Waals surface area contributed by atoms with Gasteiger partial charge in [-0.25, -0.2) is 0 Å². The van der Waals surface area contributed by atoms with E-state index in [1.807, 2.05) is 0 Å². The second kappa shape index (κ2) is 7.93. The van der Waals surface area contributed by atoms with Gasteiger partial charge in [0.15, 0.2) is 11.5 Å². The van der Waals surface area contributed by atoms with E-state index in [0.717, 1.165) is 12.8 Å². The number of methoxy groups -OCH3 is 1. The van der Waals surface area contributed by atoms with Gasteiger partial charge in [-0.2, -0.15) is 0 Å². The molecule has 1 aliphatic heterocycles. The summed E-state index contributed by atoms with van der Waals surface area (Å²) in [6.45, 7) is 3.50. The minimum atomic E-state index is -0.525. The molecule has 2 fully saturated rings. The predicted octanol–water partition coefficient (Wildman–Crippen LogP) is 3.65. The Morgan fingerprint density at radius 3 is 2.62 bits per heavy atom. The molecule has 1 saturated heterocycles. The maximum atomic E-state index is 13.1. The molecule has 1 aromatic rings. The van der Waals surface area contributed by atoms with Crippen LogP contribution in [0.5, 0.6) is 11.5 Å². The molecule has 26 heavy (non-hydrogen) atoms. The first-order valence-corrected chi connectivity index (χ1v) is 9.33. The lowest BCUT2D eigenvalue weighted by Gasteiger charge is -2.41. The SMILES string of the molecule is CCOc1cc([N+](=O)[O-])c(C(=O)N2CC[C@@H]3CCCC[C@H]3C2)cc1OC. The van der Waals surface area contributed by atoms with Crippen molar-refractivity contribution in [3.05, 3.63) is 27.8 Å². The molecule has 3 rings (SSSR count). The first-order valence-electron chi connectivity index (χ1n) is 9.33. The number of piperidine rings is 1. The summed E-state index contributed by atoms with van der Waals surface area (Å²) in [6, 6.07) is 2.74. The number of nitrogens with zero attached hydrogens (tertiary/aromatic N) is 2. The van der Waals surface area contributed by atoms with Crippen molar-refractivity contribution in [3.63, 3.8) is 0 Å². The molecule has 1 aliphatic carbocycles. The van der Waals surface area contributed by atoms with Crippen molar-refractivity contribution in [2.45, 2.75) is 39.0 Å². The van der Waals surface area contributed by atoms with Crippen LogP contribution in [0.1, 0.15) is 49.4 Å². The number of nitro benzene ring substituents is 1. The number of hydrogen-bond acceptors (Lipinski definition) is 5. The van der Waals surface area contributed by atoms with Gasteiger partial charge in [0, 0.05) is 19.2 Å². The molecule has 2 atom stereocenters. The van der Waals surface area contributed by atoms with Crippen LogP contribution in [0.15, 0.2) is 12.1 Å². The molecule has 1 amide bonds. The Kier molecular flexibility index (Phi) is 5.64. The van der Waals surface area contributed by atoms with E-state index >= 15 is 0 Å². The average Bonchev–Trinajstić information content (AvgIpc) is 2.66. The van der Waals surface area contributed by atoms with Gasteiger partial charge in [0.25, 0.3) is 11.6 Å². The summed E-state index contributed by atoms with van der Waals surface area (Å²) in [7, 11) is 1.46. The van der Waals surface area contributed by atoms with Crippen molar-refractivity contribution in [2.24, 2.45) is 11.8 Å². The Bertz CT molecular complexity index is 691. The minimum absolute atomic E-state index is 0.0737. The molecular formula is C19H26N2O5. The molecule has 0 spiro atoms. The van der Waals surface area contributed by atoms with Crippen molar-refractivity contribution >= 4 is 11.6 Å². The van der Waals surface area contributed by atoms with Crippen LogP contribution < -0.4 is 9.47 Å². The normalized spacial score (nSPS) is 22.5. The Morgan fingerprint density at radius 2 is 1.96 bits per heavy atom. The van der Waals surface area contributed by atoms with Gasteiger partial charge in [0.2, 0.25) is 0 Å². The molecule has 0 N–H and O–H groups in total. The van der Waals surface area contributed by atoms with Crippen LogP contribution >= 0.6 is 0 Å². The van der Waals surface area contributed by atoms with Crippen LogP contribution in [-0.4, -0.2) is 42.5 Å². The maximum absolute atomic E-state index is 13.1. The van der Waals surface area contributed by atoms with Gasteiger partial charge in [-0.05, 0) is 31.6 Å². The quantitative estimate of drug-likeness (QED) is 0.590. The van der Waals surface area contributed by atoms with Gasteiger partial charge in [0.05, 0.1) is 24.7 Å². The van der Waals surface area contributed by atoms with Crippen LogP contribution in [-0.2, 0) is 0 Å². The van der Waals surface area contributed by atoms with Gasteiger partial charge in [0.1, 0.15) is 5.56 Å². The highest BCUT2D eigenvalue weighted by atomic mass is 16.6. The Hall–Kier alpha value is -2.31. The van der Waals surface area contributed by atoms with E-state index < -0.39 is 4.92 Å². The van der Waals surface area contributed by atoms with Gasteiger partial charge in [-0.1, -0.05) is 19.3 Å². The van der Waals surface area contributed by atoms with Crippen molar-refractivity contribution in [1.29, 1.82) is 0 Å². The highest BCUT2D eigenvalue weighted by Crippen LogP contribution is 2.39. The topological polar surface area (TPSA) is 81.9 Å². The fraction of sp³-hybridized carbons (Fsp3) is 0.632. The first-order chi connectivity index (χ1) is 12.5. The number of carbonyl (C=O) groups excluding carboxylic acids is 1. The van der Waals surface area contributed by atoms with Crippen LogP contribution in [0, 0.1) is 22.0 Å². The third-order valence-electron chi connectivity index (χ3n) is 5.59. The zero-order valence-corrected chi connectivity index (χ0v) is 15.4. The zero-order chi connectivity index (χ0) is 18.7. The fourth-order valence-corrected chi connectivity index (χ4v) is 4.26. The van der Waals surface area contributed by atoms with Crippen LogP contribution in [0.4, 0.5) is 5.69 Å². The number of amides is 1. The number of benzene rings is 1. The standard InChI is InChI=1S/C19H26N2O5/c1-3-26-18-11-16(21(23)24)15(10-17(18)25-2)19(22)20-9-8-13-6-4-5-7-14(13)12-20/h10-11,13-14H,3-9,12H2,1-2H3/t13-,14-/m0/s1. The molecule has 142 valence electrons. The second-order valence-corrected chi connectivity index (χ2v) is 7.05. The molecule has 7 nitrogen and oxygen atoms in total. The van der Waals surface area contributed by atoms with Crippen molar-refractivity contribution < 1.29 is 19.2 Å². The number of rotatable bonds is 5. The van der Waals surface area contributed by atoms with Crippen LogP contribution in [0.2, 0.25) is 0 Å². The van der Waals surface area contributed by atoms with Gasteiger partial charge < -0.3 is 14.4 Å². The van der Waals surface area contributed by atoms with Crippen LogP contribution in [0.3, 0.4) is 0 Å². The molecule has 1 saturated carbocycles. The first kappa shape index (κ1) is 18.5. The molecular weight excluding hydrogens is 336 g/mol. The molecule has 1 heterocycles. The highest BCUT2D eigenvalue weighted by molar-refractivity contribution is 5.99. The number of nitro groups is 1. The Balaban J connectivity index is 1.89. The zero-order valence-electron chi connectivity index (χ0n) is 15.4. The van der Waals surface area contributed by atoms with E-state index in [2.05, 4.69) is 0 Å². The second-order valence-electron chi connectivity index (χ2n) is 7.05. The molecule has 7 heteroatoms. The molecule has 2 aliphatic rings. The number of likely N-dealkylation sites (tertiary alicyclic amines) is 1. The summed E-state index contributed by atoms with van der Waals surface area (Å²) in [5.74, 6) is 1.54. The Morgan fingerprint density at radius 1 is 1.23 bits per heavy atom. The largest absolute Gasteiger partial charge is 0.493 e. The lowest BCUT2D eigenvalue weighted by molar-refractivity contribution is -0.385. The van der Waals surface area contributed by atoms with Gasteiger partial charge >= 0.3 is 0 Å². The van der Waals surface area contributed by atoms with Crippen molar-refractivity contribution in [1.82, 2.24) is 4.90 Å². The van der Waals surface area contributed by atoms with Gasteiger partial charge in [-0.3, -0.25) is 14.9 Å². The molecule has 0 aromatic heterocycles. The van der Waals surface area contributed by atoms with Crippen LogP contribution in [0.25, 0.3) is 0 Å². The summed E-state index contributed by atoms with van der Waals surface area (Å²) in [5.41, 5.74) is -0.158. The third kappa shape index (κ3) is 3.61. The summed E-state index contributed by atoms with van der Waals surface area (Å²) >= 11 is 0. The van der Waals surface area contributed by atoms with Crippen molar-refractivity contribution in [2.75, 3.05) is 26.8 Å². The highest BCUT2D eigenvalue weighted by Gasteiger charge is 2.35. The van der Waals surface area contributed by atoms with E-state index in [0.29, 0.717) is 37.3 Å². The lowest BCUT2D eigenvalue weighted by atomic mass is 9.75. The number of carbonyl (C=O) groups is 1. The average molecular weight is 362 g/mol. The molecule has 0 unspecified atom stereocenters. The molecule has 0 bridgehead atoms. The molecule has 1 aromatic carbocycles. The number of fused-ring (bicyclic) bond motifs is 1. The lowest BCUT2D eigenvalue weighted by Crippen LogP contribution is -2.44. The fourth-order valence-electron chi connectivity index (χ4n) is 4.26. The molecule has 0 radical (unpaired) electrons. The van der Waals surface area contributed by atoms with E-state index in [1.54, 1.807) is 11.8 Å². The van der Waals surface area contributed by atoms with Crippen molar-refractivity contribution in [3.8, 4) is 11.5 Å². The maximum Gasteiger partial charge on any atom is 0.286 e. The van der Waals surface area contributed by atoms with E-state index in [-0.39, 0.29) is 22.9 Å². The van der Waals surface area contributed by atoms with E-state index in [9.17, 15) is 14.9 Å². The monoisotopic (exact) mass is 362 g/mol. The number of hydrogen-bond donors (Lipinski definition) is 0. The third-order valence-corrected chi connectivity index (χ3v) is 5.59. The number of ether oxygens (including phenoxy) is 2. The van der Waals surface area contributed by atoms with E-state index in [1.165, 1.54) is 38.5 Å². The summed E-state index contributed by atoms with van der Waals surface area (Å²) in [6.07, 6.45) is 5.85. The summed E-state index contributed by atoms with van der Waals surface area (Å²) in [5, 5.41) is 11.5. The van der Waals surface area contributed by atoms with E-state index in [4.69, 9.17) is 9.47 Å². The summed E-state index contributed by atoms with van der Waals surface area (Å²) < 4.78 is 10.7. The summed E-state index contributed by atoms with van der Waals surface area (Å²) in [4.78, 5) is 25.8.